The fourth-order valence-electron chi connectivity index (χ4n) is 4.53. The van der Waals surface area contributed by atoms with Gasteiger partial charge in [0.15, 0.2) is 5.69 Å². The molecule has 2 aromatic rings. The molecule has 2 aliphatic rings. The summed E-state index contributed by atoms with van der Waals surface area (Å²) in [5, 5.41) is 2.60. The van der Waals surface area contributed by atoms with E-state index in [4.69, 9.17) is 4.18 Å². The highest BCUT2D eigenvalue weighted by atomic mass is 32.2. The van der Waals surface area contributed by atoms with Crippen molar-refractivity contribution >= 4 is 33.9 Å². The van der Waals surface area contributed by atoms with Gasteiger partial charge in [0.25, 0.3) is 11.5 Å². The van der Waals surface area contributed by atoms with Crippen LogP contribution in [0.1, 0.15) is 52.7 Å². The summed E-state index contributed by atoms with van der Waals surface area (Å²) in [6.07, 6.45) is 5.28. The van der Waals surface area contributed by atoms with Crippen LogP contribution in [0.25, 0.3) is 6.08 Å². The van der Waals surface area contributed by atoms with Crippen LogP contribution in [0.4, 0.5) is 4.39 Å². The molecule has 3 amide bonds. The second-order valence-corrected chi connectivity index (χ2v) is 11.0. The van der Waals surface area contributed by atoms with Crippen molar-refractivity contribution in [3.63, 3.8) is 0 Å². The normalized spacial score (nSPS) is 19.7. The molecular weight excluding hydrogens is 533 g/mol. The highest BCUT2D eigenvalue weighted by Gasteiger charge is 2.35. The van der Waals surface area contributed by atoms with Gasteiger partial charge in [-0.25, -0.2) is 9.37 Å². The maximum atomic E-state index is 14.0. The van der Waals surface area contributed by atoms with E-state index < -0.39 is 56.7 Å². The lowest BCUT2D eigenvalue weighted by molar-refractivity contribution is -0.151. The van der Waals surface area contributed by atoms with Crippen LogP contribution in [0.5, 0.6) is 5.75 Å². The molecule has 0 spiro atoms. The number of likely N-dealkylation sites (N-methyl/N-ethyl adjacent to an activating group) is 2. The molecule has 1 N–H and O–H groups in total. The molecule has 1 unspecified atom stereocenters. The number of hydrogen-bond acceptors (Lipinski definition) is 8. The molecule has 39 heavy (non-hydrogen) atoms. The number of nitrogens with one attached hydrogen (secondary N) is 1. The summed E-state index contributed by atoms with van der Waals surface area (Å²) in [4.78, 5) is 59.7. The Morgan fingerprint density at radius 3 is 2.56 bits per heavy atom. The number of rotatable bonds is 2. The number of hydrogen-bond donors (Lipinski definition) is 1. The van der Waals surface area contributed by atoms with Crippen LogP contribution in [0, 0.1) is 5.82 Å². The Kier molecular flexibility index (Phi) is 7.86. The van der Waals surface area contributed by atoms with Gasteiger partial charge < -0.3 is 19.3 Å². The molecule has 1 aromatic carbocycles. The first-order valence-corrected chi connectivity index (χ1v) is 14.0. The number of amides is 3. The molecular formula is C25H28FN5O7S. The van der Waals surface area contributed by atoms with Gasteiger partial charge in [0.1, 0.15) is 11.6 Å². The van der Waals surface area contributed by atoms with Gasteiger partial charge in [-0.1, -0.05) is 18.2 Å². The summed E-state index contributed by atoms with van der Waals surface area (Å²) in [7, 11) is -1.38. The Balaban J connectivity index is 1.92. The van der Waals surface area contributed by atoms with Crippen molar-refractivity contribution in [2.45, 2.75) is 38.4 Å². The number of fused-ring (bicyclic) bond motifs is 2. The van der Waals surface area contributed by atoms with E-state index in [1.807, 2.05) is 0 Å². The third-order valence-corrected chi connectivity index (χ3v) is 7.03. The SMILES string of the molecule is CN1C/C=C/c2cc(F)ccc2CNC(=O)c2nc3n(c(=O)c2OS(C)(=O)=O)CCCCC3N(C)C(=O)C1=O. The molecule has 0 saturated heterocycles. The van der Waals surface area contributed by atoms with E-state index in [1.54, 1.807) is 12.2 Å². The molecule has 3 heterocycles. The Morgan fingerprint density at radius 1 is 1.10 bits per heavy atom. The topological polar surface area (TPSA) is 148 Å². The van der Waals surface area contributed by atoms with E-state index in [9.17, 15) is 32.0 Å². The van der Waals surface area contributed by atoms with Crippen LogP contribution in [-0.4, -0.2) is 72.4 Å². The van der Waals surface area contributed by atoms with E-state index in [-0.39, 0.29) is 25.5 Å². The summed E-state index contributed by atoms with van der Waals surface area (Å²) >= 11 is 0. The van der Waals surface area contributed by atoms with Gasteiger partial charge in [-0.3, -0.25) is 23.7 Å². The molecule has 0 aliphatic carbocycles. The van der Waals surface area contributed by atoms with Crippen molar-refractivity contribution in [1.82, 2.24) is 24.7 Å². The highest BCUT2D eigenvalue weighted by Crippen LogP contribution is 2.29. The first kappa shape index (κ1) is 28.0. The van der Waals surface area contributed by atoms with E-state index in [0.717, 1.165) is 6.26 Å². The van der Waals surface area contributed by atoms with Gasteiger partial charge in [-0.2, -0.15) is 8.42 Å². The number of aromatic nitrogens is 2. The molecule has 0 fully saturated rings. The molecule has 0 saturated carbocycles. The zero-order valence-electron chi connectivity index (χ0n) is 21.6. The monoisotopic (exact) mass is 561 g/mol. The van der Waals surface area contributed by atoms with Crippen LogP contribution < -0.4 is 15.1 Å². The molecule has 4 rings (SSSR count). The summed E-state index contributed by atoms with van der Waals surface area (Å²) in [5.74, 6) is -3.86. The Bertz CT molecular complexity index is 1540. The average molecular weight is 562 g/mol. The minimum atomic E-state index is -4.23. The lowest BCUT2D eigenvalue weighted by Gasteiger charge is -2.29. The van der Waals surface area contributed by atoms with Crippen LogP contribution in [-0.2, 0) is 32.8 Å². The highest BCUT2D eigenvalue weighted by molar-refractivity contribution is 7.86. The number of halogens is 1. The van der Waals surface area contributed by atoms with E-state index in [2.05, 4.69) is 10.3 Å². The van der Waals surface area contributed by atoms with Crippen molar-refractivity contribution < 1.29 is 31.4 Å². The first-order valence-electron chi connectivity index (χ1n) is 12.2. The lowest BCUT2D eigenvalue weighted by Crippen LogP contribution is -2.45. The van der Waals surface area contributed by atoms with E-state index >= 15 is 0 Å². The Labute approximate surface area is 224 Å². The number of benzene rings is 1. The zero-order valence-corrected chi connectivity index (χ0v) is 22.5. The van der Waals surface area contributed by atoms with Crippen molar-refractivity contribution in [3.8, 4) is 5.75 Å². The second kappa shape index (κ2) is 11.0. The van der Waals surface area contributed by atoms with E-state index in [0.29, 0.717) is 30.4 Å². The molecule has 14 heteroatoms. The van der Waals surface area contributed by atoms with Gasteiger partial charge in [0.05, 0.1) is 12.3 Å². The van der Waals surface area contributed by atoms with Crippen molar-refractivity contribution in [2.75, 3.05) is 26.9 Å². The fourth-order valence-corrected chi connectivity index (χ4v) is 4.98. The molecule has 1 aromatic heterocycles. The largest absolute Gasteiger partial charge is 0.374 e. The van der Waals surface area contributed by atoms with Crippen molar-refractivity contribution in [3.05, 3.63) is 63.1 Å². The molecule has 12 nitrogen and oxygen atoms in total. The number of carbonyl (C=O) groups is 3. The van der Waals surface area contributed by atoms with Crippen LogP contribution >= 0.6 is 0 Å². The van der Waals surface area contributed by atoms with Crippen molar-refractivity contribution in [2.24, 2.45) is 0 Å². The summed E-state index contributed by atoms with van der Waals surface area (Å²) in [6.45, 7) is 0.0725. The van der Waals surface area contributed by atoms with E-state index in [1.165, 1.54) is 46.7 Å². The van der Waals surface area contributed by atoms with Crippen LogP contribution in [0.3, 0.4) is 0 Å². The maximum Gasteiger partial charge on any atom is 0.312 e. The maximum absolute atomic E-state index is 14.0. The summed E-state index contributed by atoms with van der Waals surface area (Å²) < 4.78 is 44.1. The van der Waals surface area contributed by atoms with Crippen molar-refractivity contribution in [1.29, 1.82) is 0 Å². The minimum Gasteiger partial charge on any atom is -0.374 e. The Hall–Kier alpha value is -4.07. The van der Waals surface area contributed by atoms with Crippen LogP contribution in [0.2, 0.25) is 0 Å². The lowest BCUT2D eigenvalue weighted by atomic mass is 10.1. The standard InChI is InChI=1S/C25H28FN5O7S/c1-29-11-6-7-15-13-17(26)10-9-16(15)14-27-22(32)19-20(38-39(3,36)37)23(33)31-12-5-4-8-18(21(31)28-19)30(2)25(35)24(29)34/h6-7,9-10,13,18H,4-5,8,11-12,14H2,1-3H3,(H,27,32)/b7-6+. The molecule has 208 valence electrons. The smallest absolute Gasteiger partial charge is 0.312 e. The zero-order chi connectivity index (χ0) is 28.5. The number of carbonyl (C=O) groups excluding carboxylic acids is 3. The second-order valence-electron chi connectivity index (χ2n) is 9.43. The predicted molar refractivity (Wildman–Crippen MR) is 138 cm³/mol. The van der Waals surface area contributed by atoms with Gasteiger partial charge >= 0.3 is 21.9 Å². The molecule has 0 radical (unpaired) electrons. The number of nitrogens with zero attached hydrogens (tertiary/aromatic N) is 4. The van der Waals surface area contributed by atoms with Crippen LogP contribution in [0.15, 0.2) is 29.1 Å². The molecule has 1 atom stereocenters. The molecule has 2 aliphatic heterocycles. The summed E-state index contributed by atoms with van der Waals surface area (Å²) in [5.41, 5.74) is -0.598. The molecule has 2 bridgehead atoms. The predicted octanol–water partition coefficient (Wildman–Crippen LogP) is 0.819. The minimum absolute atomic E-state index is 0.0317. The Morgan fingerprint density at radius 2 is 1.85 bits per heavy atom. The van der Waals surface area contributed by atoms with Gasteiger partial charge in [-0.15, -0.1) is 0 Å². The average Bonchev–Trinajstić information content (AvgIpc) is 3.09. The quantitative estimate of drug-likeness (QED) is 0.419. The van der Waals surface area contributed by atoms with Gasteiger partial charge in [-0.05, 0) is 42.5 Å². The fraction of sp³-hybridized carbons (Fsp3) is 0.400. The third kappa shape index (κ3) is 6.00. The third-order valence-electron chi connectivity index (χ3n) is 6.56. The van der Waals surface area contributed by atoms with Gasteiger partial charge in [0, 0.05) is 33.7 Å². The summed E-state index contributed by atoms with van der Waals surface area (Å²) in [6, 6.07) is 3.04. The van der Waals surface area contributed by atoms with Gasteiger partial charge in [0.2, 0.25) is 5.75 Å². The first-order chi connectivity index (χ1) is 18.4.